The zero-order valence-corrected chi connectivity index (χ0v) is 25.1. The minimum absolute atomic E-state index is 0.0289. The molecule has 0 saturated heterocycles. The molecule has 0 aromatic carbocycles. The molecule has 0 heterocycles. The lowest BCUT2D eigenvalue weighted by Gasteiger charge is -2.65. The maximum Gasteiger partial charge on any atom is 0.397 e. The second-order valence-corrected chi connectivity index (χ2v) is 15.6. The van der Waals surface area contributed by atoms with E-state index in [0.29, 0.717) is 32.1 Å². The SMILES string of the molecule is CC(C)C(CCC(C)C1CC(O)C2C3C[C@@H](O)[C@]4(O)C[C@@H](O)CC[C@]4(C)C3CC[C@]12C)C(O)COS(=O)(=O)O. The molecule has 13 atom stereocenters. The lowest BCUT2D eigenvalue weighted by atomic mass is 9.42. The molecule has 0 aliphatic heterocycles. The van der Waals surface area contributed by atoms with Crippen LogP contribution < -0.4 is 0 Å². The predicted molar refractivity (Wildman–Crippen MR) is 146 cm³/mol. The van der Waals surface area contributed by atoms with E-state index in [0.717, 1.165) is 19.3 Å². The van der Waals surface area contributed by atoms with Crippen LogP contribution in [0.5, 0.6) is 0 Å². The van der Waals surface area contributed by atoms with Crippen LogP contribution in [0.3, 0.4) is 0 Å². The minimum Gasteiger partial charge on any atom is -0.393 e. The van der Waals surface area contributed by atoms with Gasteiger partial charge in [0.2, 0.25) is 0 Å². The summed E-state index contributed by atoms with van der Waals surface area (Å²) in [7, 11) is -4.62. The van der Waals surface area contributed by atoms with Gasteiger partial charge in [-0.1, -0.05) is 41.0 Å². The molecule has 0 aromatic heterocycles. The highest BCUT2D eigenvalue weighted by molar-refractivity contribution is 7.80. The van der Waals surface area contributed by atoms with E-state index in [2.05, 4.69) is 25.0 Å². The standard InChI is InChI=1S/C29H52O9S/c1-16(2)19(24(32)15-38-39(35,36)37)7-6-17(3)22-13-23(31)26-20-12-25(33)29(34)14-18(30)8-11-28(29,5)21(20)9-10-27(22,26)4/h16-26,30-34H,6-15H2,1-5H3,(H,35,36,37)/t17?,18-,19?,20?,21?,22?,23?,24?,25+,26?,27+,28+,29+/m0/s1. The van der Waals surface area contributed by atoms with Crippen LogP contribution in [-0.4, -0.2) is 75.1 Å². The van der Waals surface area contributed by atoms with Gasteiger partial charge in [0.1, 0.15) is 0 Å². The summed E-state index contributed by atoms with van der Waals surface area (Å²) < 4.78 is 35.3. The molecule has 39 heavy (non-hydrogen) atoms. The van der Waals surface area contributed by atoms with E-state index in [9.17, 15) is 34.0 Å². The molecule has 8 unspecified atom stereocenters. The molecule has 4 aliphatic carbocycles. The largest absolute Gasteiger partial charge is 0.397 e. The van der Waals surface area contributed by atoms with Crippen molar-refractivity contribution in [2.45, 2.75) is 122 Å². The summed E-state index contributed by atoms with van der Waals surface area (Å²) in [5.41, 5.74) is -1.91. The van der Waals surface area contributed by atoms with Crippen molar-refractivity contribution in [2.75, 3.05) is 6.61 Å². The smallest absolute Gasteiger partial charge is 0.393 e. The Hall–Kier alpha value is -0.330. The van der Waals surface area contributed by atoms with Gasteiger partial charge in [0, 0.05) is 11.8 Å². The van der Waals surface area contributed by atoms with E-state index >= 15 is 0 Å². The third-order valence-corrected chi connectivity index (χ3v) is 12.7. The van der Waals surface area contributed by atoms with Crippen molar-refractivity contribution in [1.82, 2.24) is 0 Å². The zero-order valence-electron chi connectivity index (χ0n) is 24.2. The maximum atomic E-state index is 11.7. The van der Waals surface area contributed by atoms with Crippen molar-refractivity contribution >= 4 is 10.4 Å². The van der Waals surface area contributed by atoms with E-state index in [1.165, 1.54) is 0 Å². The first-order chi connectivity index (χ1) is 17.9. The Bertz CT molecular complexity index is 974. The topological polar surface area (TPSA) is 165 Å². The maximum absolute atomic E-state index is 11.7. The Morgan fingerprint density at radius 1 is 1.00 bits per heavy atom. The van der Waals surface area contributed by atoms with Crippen LogP contribution in [0, 0.1) is 52.3 Å². The highest BCUT2D eigenvalue weighted by Crippen LogP contribution is 2.69. The monoisotopic (exact) mass is 576 g/mol. The van der Waals surface area contributed by atoms with Crippen molar-refractivity contribution in [2.24, 2.45) is 52.3 Å². The van der Waals surface area contributed by atoms with Gasteiger partial charge in [-0.25, -0.2) is 4.18 Å². The van der Waals surface area contributed by atoms with Gasteiger partial charge < -0.3 is 25.5 Å². The second kappa shape index (κ2) is 11.1. The summed E-state index contributed by atoms with van der Waals surface area (Å²) in [5, 5.41) is 55.4. The van der Waals surface area contributed by atoms with Crippen molar-refractivity contribution in [3.8, 4) is 0 Å². The van der Waals surface area contributed by atoms with E-state index in [1.54, 1.807) is 0 Å². The Labute approximate surface area is 234 Å². The molecular weight excluding hydrogens is 524 g/mol. The first-order valence-electron chi connectivity index (χ1n) is 15.0. The molecule has 10 heteroatoms. The van der Waals surface area contributed by atoms with E-state index in [-0.39, 0.29) is 53.3 Å². The Morgan fingerprint density at radius 2 is 1.67 bits per heavy atom. The molecule has 9 nitrogen and oxygen atoms in total. The number of aliphatic hydroxyl groups excluding tert-OH is 4. The fourth-order valence-electron chi connectivity index (χ4n) is 10.2. The molecule has 4 rings (SSSR count). The zero-order chi connectivity index (χ0) is 29.1. The van der Waals surface area contributed by atoms with Gasteiger partial charge in [0.15, 0.2) is 0 Å². The molecule has 0 spiro atoms. The summed E-state index contributed by atoms with van der Waals surface area (Å²) in [6, 6.07) is 0. The molecule has 0 radical (unpaired) electrons. The molecule has 0 bridgehead atoms. The lowest BCUT2D eigenvalue weighted by Crippen LogP contribution is -2.69. The van der Waals surface area contributed by atoms with Gasteiger partial charge >= 0.3 is 10.4 Å². The Kier molecular flexibility index (Phi) is 8.96. The van der Waals surface area contributed by atoms with Crippen LogP contribution in [-0.2, 0) is 14.6 Å². The van der Waals surface area contributed by atoms with Crippen molar-refractivity contribution < 1.29 is 42.7 Å². The summed E-state index contributed by atoms with van der Waals surface area (Å²) in [5.74, 6) is 0.721. The number of aliphatic hydroxyl groups is 5. The lowest BCUT2D eigenvalue weighted by molar-refractivity contribution is -0.268. The van der Waals surface area contributed by atoms with Gasteiger partial charge in [-0.3, -0.25) is 4.55 Å². The van der Waals surface area contributed by atoms with Gasteiger partial charge in [-0.05, 0) is 91.8 Å². The summed E-state index contributed by atoms with van der Waals surface area (Å²) >= 11 is 0. The minimum atomic E-state index is -4.62. The average molecular weight is 577 g/mol. The molecule has 4 saturated carbocycles. The summed E-state index contributed by atoms with van der Waals surface area (Å²) in [6.45, 7) is 10.1. The molecular formula is C29H52O9S. The normalized spacial score (nSPS) is 46.7. The number of hydrogen-bond donors (Lipinski definition) is 6. The van der Waals surface area contributed by atoms with Gasteiger partial charge in [0.25, 0.3) is 0 Å². The second-order valence-electron chi connectivity index (χ2n) is 14.5. The van der Waals surface area contributed by atoms with Crippen molar-refractivity contribution in [3.05, 3.63) is 0 Å². The highest BCUT2D eigenvalue weighted by atomic mass is 32.3. The predicted octanol–water partition coefficient (Wildman–Crippen LogP) is 2.93. The molecule has 0 aromatic rings. The molecule has 4 aliphatic rings. The van der Waals surface area contributed by atoms with Gasteiger partial charge in [-0.15, -0.1) is 0 Å². The van der Waals surface area contributed by atoms with Crippen molar-refractivity contribution in [3.63, 3.8) is 0 Å². The van der Waals surface area contributed by atoms with Crippen LogP contribution in [0.4, 0.5) is 0 Å². The van der Waals surface area contributed by atoms with Crippen LogP contribution in [0.1, 0.15) is 92.4 Å². The number of fused-ring (bicyclic) bond motifs is 5. The van der Waals surface area contributed by atoms with Crippen LogP contribution in [0.25, 0.3) is 0 Å². The fourth-order valence-corrected chi connectivity index (χ4v) is 10.5. The molecule has 0 amide bonds. The molecule has 4 fully saturated rings. The number of rotatable bonds is 9. The highest BCUT2D eigenvalue weighted by Gasteiger charge is 2.68. The number of hydrogen-bond acceptors (Lipinski definition) is 8. The fraction of sp³-hybridized carbons (Fsp3) is 1.00. The van der Waals surface area contributed by atoms with Gasteiger partial charge in [0.05, 0.1) is 36.6 Å². The first kappa shape index (κ1) is 31.6. The third-order valence-electron chi connectivity index (χ3n) is 12.3. The average Bonchev–Trinajstić information content (AvgIpc) is 3.10. The van der Waals surface area contributed by atoms with Crippen LogP contribution in [0.2, 0.25) is 0 Å². The first-order valence-corrected chi connectivity index (χ1v) is 16.4. The quantitative estimate of drug-likeness (QED) is 0.226. The Morgan fingerprint density at radius 3 is 2.28 bits per heavy atom. The van der Waals surface area contributed by atoms with Gasteiger partial charge in [-0.2, -0.15) is 8.42 Å². The Balaban J connectivity index is 1.48. The summed E-state index contributed by atoms with van der Waals surface area (Å²) in [4.78, 5) is 0. The van der Waals surface area contributed by atoms with Crippen molar-refractivity contribution in [1.29, 1.82) is 0 Å². The third kappa shape index (κ3) is 5.58. The molecule has 228 valence electrons. The van der Waals surface area contributed by atoms with Crippen LogP contribution >= 0.6 is 0 Å². The molecule has 6 N–H and O–H groups in total. The van der Waals surface area contributed by atoms with E-state index in [1.807, 2.05) is 13.8 Å². The van der Waals surface area contributed by atoms with E-state index in [4.69, 9.17) is 4.55 Å². The van der Waals surface area contributed by atoms with Crippen LogP contribution in [0.15, 0.2) is 0 Å². The van der Waals surface area contributed by atoms with E-state index < -0.39 is 52.4 Å². The summed E-state index contributed by atoms with van der Waals surface area (Å²) in [6.07, 6.45) is 2.92.